The average Bonchev–Trinajstić information content (AvgIpc) is 2.73. The first-order valence-electron chi connectivity index (χ1n) is 5.77. The molecular formula is C11H15NO3S. The Morgan fingerprint density at radius 3 is 2.75 bits per heavy atom. The maximum absolute atomic E-state index is 12.0. The summed E-state index contributed by atoms with van der Waals surface area (Å²) in [4.78, 5) is 0. The fraction of sp³-hybridized carbons (Fsp3) is 0.909. The van der Waals surface area contributed by atoms with Crippen molar-refractivity contribution < 1.29 is 12.6 Å². The smallest absolute Gasteiger partial charge is 0.265 e. The van der Waals surface area contributed by atoms with Gasteiger partial charge in [-0.05, 0) is 30.6 Å². The van der Waals surface area contributed by atoms with Crippen LogP contribution in [0.2, 0.25) is 0 Å². The zero-order valence-electron chi connectivity index (χ0n) is 9.38. The lowest BCUT2D eigenvalue weighted by Gasteiger charge is -2.30. The monoisotopic (exact) mass is 241 g/mol. The molecule has 1 aliphatic heterocycles. The van der Waals surface area contributed by atoms with Crippen molar-refractivity contribution in [1.82, 2.24) is 0 Å². The number of hydrogen-bond donors (Lipinski definition) is 0. The zero-order chi connectivity index (χ0) is 11.7. The molecule has 5 heteroatoms. The molecule has 16 heavy (non-hydrogen) atoms. The van der Waals surface area contributed by atoms with E-state index in [9.17, 15) is 13.7 Å². The van der Waals surface area contributed by atoms with E-state index in [4.69, 9.17) is 4.18 Å². The highest BCUT2D eigenvalue weighted by Gasteiger charge is 2.73. The van der Waals surface area contributed by atoms with Crippen molar-refractivity contribution in [3.8, 4) is 6.07 Å². The Morgan fingerprint density at radius 2 is 2.19 bits per heavy atom. The summed E-state index contributed by atoms with van der Waals surface area (Å²) in [5.41, 5.74) is 0. The molecule has 0 spiro atoms. The molecule has 2 aliphatic carbocycles. The summed E-state index contributed by atoms with van der Waals surface area (Å²) in [6.07, 6.45) is 1.10. The summed E-state index contributed by atoms with van der Waals surface area (Å²) >= 11 is 0. The molecule has 0 aromatic heterocycles. The van der Waals surface area contributed by atoms with Crippen molar-refractivity contribution in [1.29, 1.82) is 5.26 Å². The van der Waals surface area contributed by atoms with Gasteiger partial charge in [0.2, 0.25) is 0 Å². The van der Waals surface area contributed by atoms with E-state index in [0.29, 0.717) is 24.2 Å². The maximum Gasteiger partial charge on any atom is 0.287 e. The predicted molar refractivity (Wildman–Crippen MR) is 56.7 cm³/mol. The Bertz CT molecular complexity index is 478. The largest absolute Gasteiger partial charge is 0.287 e. The van der Waals surface area contributed by atoms with Crippen LogP contribution in [0.25, 0.3) is 0 Å². The lowest BCUT2D eigenvalue weighted by molar-refractivity contribution is 0.0921. The van der Waals surface area contributed by atoms with E-state index in [1.54, 1.807) is 0 Å². The van der Waals surface area contributed by atoms with Crippen LogP contribution < -0.4 is 0 Å². The average molecular weight is 241 g/mol. The topological polar surface area (TPSA) is 67.2 Å². The molecule has 5 unspecified atom stereocenters. The standard InChI is InChI=1S/C11H15NO3S/c1-6(2)9-7-3-8-10(9)15-16(13,14)11(8,4-7)5-12/h6-10H,3-4H2,1-2H3. The van der Waals surface area contributed by atoms with Gasteiger partial charge in [0.1, 0.15) is 0 Å². The van der Waals surface area contributed by atoms with Crippen molar-refractivity contribution in [2.24, 2.45) is 23.7 Å². The summed E-state index contributed by atoms with van der Waals surface area (Å²) < 4.78 is 27.9. The minimum Gasteiger partial charge on any atom is -0.265 e. The molecule has 0 radical (unpaired) electrons. The van der Waals surface area contributed by atoms with Gasteiger partial charge in [-0.3, -0.25) is 4.18 Å². The van der Waals surface area contributed by atoms with Crippen LogP contribution >= 0.6 is 0 Å². The van der Waals surface area contributed by atoms with E-state index in [0.717, 1.165) is 6.42 Å². The van der Waals surface area contributed by atoms with Crippen LogP contribution in [0.4, 0.5) is 0 Å². The van der Waals surface area contributed by atoms with Gasteiger partial charge in [-0.1, -0.05) is 13.8 Å². The predicted octanol–water partition coefficient (Wildman–Crippen LogP) is 1.29. The van der Waals surface area contributed by atoms with Crippen molar-refractivity contribution in [3.05, 3.63) is 0 Å². The van der Waals surface area contributed by atoms with Crippen LogP contribution in [-0.2, 0) is 14.3 Å². The highest BCUT2D eigenvalue weighted by molar-refractivity contribution is 7.88. The van der Waals surface area contributed by atoms with E-state index in [-0.39, 0.29) is 12.0 Å². The molecule has 3 fully saturated rings. The van der Waals surface area contributed by atoms with Crippen molar-refractivity contribution in [2.45, 2.75) is 37.5 Å². The highest BCUT2D eigenvalue weighted by atomic mass is 32.2. The first-order chi connectivity index (χ1) is 7.43. The number of hydrogen-bond acceptors (Lipinski definition) is 4. The normalized spacial score (nSPS) is 52.1. The van der Waals surface area contributed by atoms with E-state index in [2.05, 4.69) is 13.8 Å². The molecule has 1 saturated heterocycles. The first kappa shape index (κ1) is 10.5. The van der Waals surface area contributed by atoms with Crippen LogP contribution in [0.15, 0.2) is 0 Å². The van der Waals surface area contributed by atoms with E-state index >= 15 is 0 Å². The van der Waals surface area contributed by atoms with Gasteiger partial charge in [-0.2, -0.15) is 13.7 Å². The minimum atomic E-state index is -3.67. The molecule has 2 bridgehead atoms. The zero-order valence-corrected chi connectivity index (χ0v) is 10.2. The molecule has 3 rings (SSSR count). The van der Waals surface area contributed by atoms with Crippen LogP contribution in [-0.4, -0.2) is 19.3 Å². The molecule has 1 heterocycles. The molecule has 0 aromatic carbocycles. The minimum absolute atomic E-state index is 0.0834. The summed E-state index contributed by atoms with van der Waals surface area (Å²) in [6.45, 7) is 4.21. The molecule has 5 atom stereocenters. The fourth-order valence-corrected chi connectivity index (χ4v) is 5.99. The summed E-state index contributed by atoms with van der Waals surface area (Å²) in [6, 6.07) is 2.04. The first-order valence-corrected chi connectivity index (χ1v) is 7.18. The number of nitrogens with zero attached hydrogens (tertiary/aromatic N) is 1. The molecule has 4 nitrogen and oxygen atoms in total. The second-order valence-corrected chi connectivity index (χ2v) is 7.47. The molecule has 88 valence electrons. The third-order valence-corrected chi connectivity index (χ3v) is 6.61. The van der Waals surface area contributed by atoms with Gasteiger partial charge in [-0.25, -0.2) is 0 Å². The second kappa shape index (κ2) is 2.80. The second-order valence-electron chi connectivity index (χ2n) is 5.64. The van der Waals surface area contributed by atoms with Crippen LogP contribution in [0.3, 0.4) is 0 Å². The summed E-state index contributed by atoms with van der Waals surface area (Å²) in [5, 5.41) is 9.22. The Balaban J connectivity index is 2.11. The van der Waals surface area contributed by atoms with Gasteiger partial charge in [0.05, 0.1) is 12.2 Å². The molecule has 2 saturated carbocycles. The number of fused-ring (bicyclic) bond motifs is 1. The van der Waals surface area contributed by atoms with Gasteiger partial charge in [0, 0.05) is 5.92 Å². The Kier molecular flexibility index (Phi) is 1.84. The number of rotatable bonds is 1. The summed E-state index contributed by atoms with van der Waals surface area (Å²) in [7, 11) is -3.67. The molecule has 0 amide bonds. The molecule has 3 aliphatic rings. The van der Waals surface area contributed by atoms with Gasteiger partial charge < -0.3 is 0 Å². The molecule has 0 N–H and O–H groups in total. The Hall–Kier alpha value is -0.600. The highest BCUT2D eigenvalue weighted by Crippen LogP contribution is 2.64. The van der Waals surface area contributed by atoms with Crippen molar-refractivity contribution in [2.75, 3.05) is 0 Å². The maximum atomic E-state index is 12.0. The molecular weight excluding hydrogens is 226 g/mol. The van der Waals surface area contributed by atoms with Gasteiger partial charge >= 0.3 is 0 Å². The van der Waals surface area contributed by atoms with Gasteiger partial charge in [0.15, 0.2) is 4.75 Å². The van der Waals surface area contributed by atoms with Crippen LogP contribution in [0.5, 0.6) is 0 Å². The third-order valence-electron chi connectivity index (χ3n) is 4.68. The Morgan fingerprint density at radius 1 is 1.50 bits per heavy atom. The van der Waals surface area contributed by atoms with Crippen molar-refractivity contribution in [3.63, 3.8) is 0 Å². The van der Waals surface area contributed by atoms with Crippen LogP contribution in [0, 0.1) is 35.0 Å². The van der Waals surface area contributed by atoms with Gasteiger partial charge in [-0.15, -0.1) is 0 Å². The van der Waals surface area contributed by atoms with E-state index in [1.807, 2.05) is 6.07 Å². The lowest BCUT2D eigenvalue weighted by Crippen LogP contribution is -2.41. The van der Waals surface area contributed by atoms with Crippen molar-refractivity contribution >= 4 is 10.1 Å². The van der Waals surface area contributed by atoms with Gasteiger partial charge in [0.25, 0.3) is 10.1 Å². The van der Waals surface area contributed by atoms with E-state index < -0.39 is 14.9 Å². The summed E-state index contributed by atoms with van der Waals surface area (Å²) in [5.74, 6) is 1.00. The fourth-order valence-electron chi connectivity index (χ4n) is 4.13. The third kappa shape index (κ3) is 0.917. The molecule has 0 aromatic rings. The lowest BCUT2D eigenvalue weighted by atomic mass is 9.75. The number of nitriles is 1. The Labute approximate surface area is 95.7 Å². The van der Waals surface area contributed by atoms with Crippen LogP contribution in [0.1, 0.15) is 26.7 Å². The van der Waals surface area contributed by atoms with E-state index in [1.165, 1.54) is 0 Å². The quantitative estimate of drug-likeness (QED) is 0.649. The SMILES string of the molecule is CC(C)C1C2CC3C1OS(=O)(=O)C3(C#N)C2.